The molecule has 1 amide bonds. The summed E-state index contributed by atoms with van der Waals surface area (Å²) in [4.78, 5) is 16.6. The molecule has 2 N–H and O–H groups in total. The van der Waals surface area contributed by atoms with Crippen LogP contribution in [-0.2, 0) is 14.6 Å². The number of nitrogens with zero attached hydrogens (tertiary/aromatic N) is 2. The second kappa shape index (κ2) is 8.65. The molecular formula is C15H30ClN3O3S. The van der Waals surface area contributed by atoms with Crippen molar-refractivity contribution in [2.75, 3.05) is 37.7 Å². The minimum absolute atomic E-state index is 0. The molecule has 0 radical (unpaired) electrons. The third-order valence-corrected chi connectivity index (χ3v) is 6.77. The van der Waals surface area contributed by atoms with Crippen molar-refractivity contribution in [1.82, 2.24) is 9.80 Å². The van der Waals surface area contributed by atoms with Crippen molar-refractivity contribution in [3.63, 3.8) is 0 Å². The molecule has 6 nitrogen and oxygen atoms in total. The van der Waals surface area contributed by atoms with Gasteiger partial charge in [-0.15, -0.1) is 12.4 Å². The number of carbonyl (C=O) groups is 1. The zero-order valence-electron chi connectivity index (χ0n) is 14.1. The van der Waals surface area contributed by atoms with Crippen molar-refractivity contribution in [3.05, 3.63) is 0 Å². The first-order chi connectivity index (χ1) is 10.4. The minimum atomic E-state index is -2.97. The SMILES string of the molecule is CCN(C(=O)CN1CCC(C)CC1CN)C1CCS(=O)(=O)C1.Cl. The highest BCUT2D eigenvalue weighted by molar-refractivity contribution is 7.91. The predicted octanol–water partition coefficient (Wildman–Crippen LogP) is 0.503. The molecule has 2 saturated heterocycles. The lowest BCUT2D eigenvalue weighted by atomic mass is 9.92. The maximum absolute atomic E-state index is 12.6. The average molecular weight is 368 g/mol. The van der Waals surface area contributed by atoms with Gasteiger partial charge in [-0.1, -0.05) is 6.92 Å². The van der Waals surface area contributed by atoms with Gasteiger partial charge in [-0.2, -0.15) is 0 Å². The first kappa shape index (κ1) is 20.7. The maximum atomic E-state index is 12.6. The number of sulfone groups is 1. The summed E-state index contributed by atoms with van der Waals surface area (Å²) in [5.41, 5.74) is 5.85. The van der Waals surface area contributed by atoms with Gasteiger partial charge in [-0.05, 0) is 38.6 Å². The molecule has 0 spiro atoms. The molecule has 8 heteroatoms. The van der Waals surface area contributed by atoms with Crippen molar-refractivity contribution < 1.29 is 13.2 Å². The van der Waals surface area contributed by atoms with E-state index in [0.717, 1.165) is 19.4 Å². The number of hydrogen-bond acceptors (Lipinski definition) is 5. The quantitative estimate of drug-likeness (QED) is 0.765. The number of nitrogens with two attached hydrogens (primary N) is 1. The van der Waals surface area contributed by atoms with E-state index in [-0.39, 0.29) is 41.9 Å². The molecule has 0 aromatic heterocycles. The summed E-state index contributed by atoms with van der Waals surface area (Å²) in [6.45, 7) is 6.54. The van der Waals surface area contributed by atoms with Gasteiger partial charge in [-0.3, -0.25) is 9.69 Å². The number of halogens is 1. The van der Waals surface area contributed by atoms with E-state index in [1.807, 2.05) is 6.92 Å². The van der Waals surface area contributed by atoms with E-state index < -0.39 is 9.84 Å². The Bertz CT molecular complexity index is 500. The second-order valence-corrected chi connectivity index (χ2v) is 8.95. The fraction of sp³-hybridized carbons (Fsp3) is 0.933. The van der Waals surface area contributed by atoms with Gasteiger partial charge in [0.05, 0.1) is 18.1 Å². The van der Waals surface area contributed by atoms with Crippen LogP contribution in [-0.4, -0.2) is 73.9 Å². The fourth-order valence-electron chi connectivity index (χ4n) is 3.68. The number of likely N-dealkylation sites (N-methyl/N-ethyl adjacent to an activating group) is 1. The summed E-state index contributed by atoms with van der Waals surface area (Å²) in [6.07, 6.45) is 2.70. The Morgan fingerprint density at radius 1 is 1.35 bits per heavy atom. The van der Waals surface area contributed by atoms with Crippen LogP contribution in [0.25, 0.3) is 0 Å². The van der Waals surface area contributed by atoms with Gasteiger partial charge < -0.3 is 10.6 Å². The van der Waals surface area contributed by atoms with Crippen LogP contribution in [0.2, 0.25) is 0 Å². The van der Waals surface area contributed by atoms with Crippen molar-refractivity contribution >= 4 is 28.2 Å². The smallest absolute Gasteiger partial charge is 0.237 e. The Balaban J connectivity index is 0.00000264. The molecule has 136 valence electrons. The molecule has 0 aromatic rings. The highest BCUT2D eigenvalue weighted by Crippen LogP contribution is 2.23. The zero-order chi connectivity index (χ0) is 16.3. The standard InChI is InChI=1S/C15H29N3O3S.ClH/c1-3-18(13-5-7-22(20,21)11-13)15(19)10-17-6-4-12(2)8-14(17)9-16;/h12-14H,3-11,16H2,1-2H3;1H. The third kappa shape index (κ3) is 5.31. The van der Waals surface area contributed by atoms with Crippen LogP contribution in [0, 0.1) is 5.92 Å². The number of piperidine rings is 1. The Hall–Kier alpha value is -0.370. The monoisotopic (exact) mass is 367 g/mol. The molecule has 3 atom stereocenters. The van der Waals surface area contributed by atoms with E-state index in [0.29, 0.717) is 32.0 Å². The van der Waals surface area contributed by atoms with Crippen molar-refractivity contribution in [1.29, 1.82) is 0 Å². The van der Waals surface area contributed by atoms with E-state index in [2.05, 4.69) is 11.8 Å². The maximum Gasteiger partial charge on any atom is 0.237 e. The Kier molecular flexibility index (Phi) is 7.77. The summed E-state index contributed by atoms with van der Waals surface area (Å²) in [5, 5.41) is 0. The number of hydrogen-bond donors (Lipinski definition) is 1. The molecule has 0 saturated carbocycles. The first-order valence-electron chi connectivity index (χ1n) is 8.30. The van der Waals surface area contributed by atoms with Crippen LogP contribution >= 0.6 is 12.4 Å². The molecule has 2 rings (SSSR count). The van der Waals surface area contributed by atoms with E-state index in [9.17, 15) is 13.2 Å². The molecule has 2 aliphatic rings. The first-order valence-corrected chi connectivity index (χ1v) is 10.1. The molecule has 0 aromatic carbocycles. The van der Waals surface area contributed by atoms with E-state index in [1.165, 1.54) is 0 Å². The molecular weight excluding hydrogens is 338 g/mol. The van der Waals surface area contributed by atoms with Gasteiger partial charge in [0.2, 0.25) is 5.91 Å². The second-order valence-electron chi connectivity index (χ2n) is 6.73. The summed E-state index contributed by atoms with van der Waals surface area (Å²) in [5.74, 6) is 1.01. The van der Waals surface area contributed by atoms with Crippen molar-refractivity contribution in [2.45, 2.75) is 45.2 Å². The van der Waals surface area contributed by atoms with E-state index >= 15 is 0 Å². The summed E-state index contributed by atoms with van der Waals surface area (Å²) in [7, 11) is -2.97. The molecule has 0 aliphatic carbocycles. The molecule has 23 heavy (non-hydrogen) atoms. The van der Waals surface area contributed by atoms with Gasteiger partial charge in [0.1, 0.15) is 0 Å². The zero-order valence-corrected chi connectivity index (χ0v) is 15.7. The van der Waals surface area contributed by atoms with E-state index in [4.69, 9.17) is 5.73 Å². The summed E-state index contributed by atoms with van der Waals surface area (Å²) >= 11 is 0. The minimum Gasteiger partial charge on any atom is -0.338 e. The Morgan fingerprint density at radius 2 is 2.04 bits per heavy atom. The molecule has 3 unspecified atom stereocenters. The number of carbonyl (C=O) groups excluding carboxylic acids is 1. The topological polar surface area (TPSA) is 83.7 Å². The Labute approximate surface area is 146 Å². The van der Waals surface area contributed by atoms with Crippen molar-refractivity contribution in [3.8, 4) is 0 Å². The van der Waals surface area contributed by atoms with Gasteiger partial charge in [0.15, 0.2) is 9.84 Å². The van der Waals surface area contributed by atoms with Gasteiger partial charge >= 0.3 is 0 Å². The Morgan fingerprint density at radius 3 is 2.57 bits per heavy atom. The summed E-state index contributed by atoms with van der Waals surface area (Å²) in [6, 6.07) is 0.112. The lowest BCUT2D eigenvalue weighted by Crippen LogP contribution is -2.52. The highest BCUT2D eigenvalue weighted by Gasteiger charge is 2.35. The van der Waals surface area contributed by atoms with Crippen LogP contribution in [0.4, 0.5) is 0 Å². The van der Waals surface area contributed by atoms with Crippen LogP contribution in [0.1, 0.15) is 33.1 Å². The third-order valence-electron chi connectivity index (χ3n) is 5.02. The molecule has 2 heterocycles. The molecule has 0 bridgehead atoms. The van der Waals surface area contributed by atoms with Crippen LogP contribution in [0.3, 0.4) is 0 Å². The summed E-state index contributed by atoms with van der Waals surface area (Å²) < 4.78 is 23.3. The van der Waals surface area contributed by atoms with Gasteiger partial charge in [0, 0.05) is 25.2 Å². The van der Waals surface area contributed by atoms with Crippen LogP contribution < -0.4 is 5.73 Å². The lowest BCUT2D eigenvalue weighted by Gasteiger charge is -2.39. The molecule has 2 fully saturated rings. The average Bonchev–Trinajstić information content (AvgIpc) is 2.81. The normalized spacial score (nSPS) is 30.7. The number of amides is 1. The van der Waals surface area contributed by atoms with Gasteiger partial charge in [-0.25, -0.2) is 8.42 Å². The molecule has 2 aliphatic heterocycles. The van der Waals surface area contributed by atoms with Gasteiger partial charge in [0.25, 0.3) is 0 Å². The van der Waals surface area contributed by atoms with E-state index in [1.54, 1.807) is 4.90 Å². The predicted molar refractivity (Wildman–Crippen MR) is 94.5 cm³/mol. The van der Waals surface area contributed by atoms with Crippen LogP contribution in [0.15, 0.2) is 0 Å². The van der Waals surface area contributed by atoms with Crippen LogP contribution in [0.5, 0.6) is 0 Å². The number of likely N-dealkylation sites (tertiary alicyclic amines) is 1. The highest BCUT2D eigenvalue weighted by atomic mass is 35.5. The number of rotatable bonds is 5. The largest absolute Gasteiger partial charge is 0.338 e. The van der Waals surface area contributed by atoms with Crippen molar-refractivity contribution in [2.24, 2.45) is 11.7 Å². The lowest BCUT2D eigenvalue weighted by molar-refractivity contribution is -0.135. The fourth-order valence-corrected chi connectivity index (χ4v) is 5.41.